The van der Waals surface area contributed by atoms with Crippen molar-refractivity contribution in [3.63, 3.8) is 0 Å². The first-order chi connectivity index (χ1) is 10.7. The predicted octanol–water partition coefficient (Wildman–Crippen LogP) is 3.35. The van der Waals surface area contributed by atoms with Gasteiger partial charge in [-0.15, -0.1) is 0 Å². The smallest absolute Gasteiger partial charge is 0.160 e. The van der Waals surface area contributed by atoms with Crippen molar-refractivity contribution in [1.82, 2.24) is 14.5 Å². The first kappa shape index (κ1) is 13.2. The zero-order chi connectivity index (χ0) is 15.3. The summed E-state index contributed by atoms with van der Waals surface area (Å²) in [5, 5.41) is 10.5. The van der Waals surface area contributed by atoms with Gasteiger partial charge in [-0.1, -0.05) is 18.2 Å². The van der Waals surface area contributed by atoms with Gasteiger partial charge in [0.15, 0.2) is 5.65 Å². The van der Waals surface area contributed by atoms with E-state index in [1.165, 1.54) is 11.1 Å². The van der Waals surface area contributed by atoms with Crippen LogP contribution in [0.15, 0.2) is 36.4 Å². The number of hydrogen-bond donors (Lipinski definition) is 1. The number of aryl methyl sites for hydroxylation is 2. The number of aliphatic hydroxyl groups excluding tert-OH is 1. The van der Waals surface area contributed by atoms with Crippen molar-refractivity contribution >= 4 is 33.1 Å². The molecule has 0 aliphatic heterocycles. The molecule has 0 aliphatic rings. The van der Waals surface area contributed by atoms with E-state index < -0.39 is 0 Å². The monoisotopic (exact) mass is 291 g/mol. The van der Waals surface area contributed by atoms with Gasteiger partial charge in [0, 0.05) is 11.9 Å². The van der Waals surface area contributed by atoms with Gasteiger partial charge in [0.2, 0.25) is 0 Å². The second-order valence-electron chi connectivity index (χ2n) is 5.71. The van der Waals surface area contributed by atoms with Crippen LogP contribution in [0.4, 0.5) is 0 Å². The fraction of sp³-hybridized carbons (Fsp3) is 0.222. The first-order valence-corrected chi connectivity index (χ1v) is 7.46. The SMILES string of the molecule is Cc1cc2nc3c4ccccc4n(CCO)c3nc2cc1C. The molecule has 4 aromatic rings. The summed E-state index contributed by atoms with van der Waals surface area (Å²) in [4.78, 5) is 9.67. The van der Waals surface area contributed by atoms with E-state index in [0.29, 0.717) is 6.54 Å². The molecule has 0 saturated heterocycles. The summed E-state index contributed by atoms with van der Waals surface area (Å²) < 4.78 is 2.05. The minimum Gasteiger partial charge on any atom is -0.395 e. The van der Waals surface area contributed by atoms with E-state index in [-0.39, 0.29) is 6.61 Å². The maximum absolute atomic E-state index is 9.38. The molecular formula is C18H17N3O. The summed E-state index contributed by atoms with van der Waals surface area (Å²) in [6, 6.07) is 12.3. The van der Waals surface area contributed by atoms with Crippen LogP contribution in [-0.2, 0) is 6.54 Å². The number of hydrogen-bond acceptors (Lipinski definition) is 3. The van der Waals surface area contributed by atoms with Gasteiger partial charge >= 0.3 is 0 Å². The molecule has 2 aromatic carbocycles. The molecule has 1 N–H and O–H groups in total. The van der Waals surface area contributed by atoms with Gasteiger partial charge < -0.3 is 9.67 Å². The van der Waals surface area contributed by atoms with E-state index in [0.717, 1.165) is 33.1 Å². The minimum absolute atomic E-state index is 0.0837. The molecule has 2 heterocycles. The van der Waals surface area contributed by atoms with Crippen molar-refractivity contribution in [2.45, 2.75) is 20.4 Å². The summed E-state index contributed by atoms with van der Waals surface area (Å²) in [7, 11) is 0. The molecular weight excluding hydrogens is 274 g/mol. The average molecular weight is 291 g/mol. The molecule has 0 bridgehead atoms. The Balaban J connectivity index is 2.19. The largest absolute Gasteiger partial charge is 0.395 e. The van der Waals surface area contributed by atoms with Gasteiger partial charge in [0.1, 0.15) is 5.52 Å². The van der Waals surface area contributed by atoms with Crippen molar-refractivity contribution in [2.24, 2.45) is 0 Å². The third kappa shape index (κ3) is 1.81. The van der Waals surface area contributed by atoms with Crippen molar-refractivity contribution in [2.75, 3.05) is 6.61 Å². The second-order valence-corrected chi connectivity index (χ2v) is 5.71. The van der Waals surface area contributed by atoms with Gasteiger partial charge in [0.25, 0.3) is 0 Å². The van der Waals surface area contributed by atoms with Gasteiger partial charge in [-0.3, -0.25) is 0 Å². The molecule has 2 aromatic heterocycles. The highest BCUT2D eigenvalue weighted by atomic mass is 16.3. The average Bonchev–Trinajstić information content (AvgIpc) is 2.81. The molecule has 110 valence electrons. The molecule has 0 radical (unpaired) electrons. The standard InChI is InChI=1S/C18H17N3O/c1-11-9-14-15(10-12(11)2)20-18-17(19-14)13-5-3-4-6-16(13)21(18)7-8-22/h3-6,9-10,22H,7-8H2,1-2H3. The molecule has 0 atom stereocenters. The number of aliphatic hydroxyl groups is 1. The lowest BCUT2D eigenvalue weighted by Crippen LogP contribution is -2.03. The Kier molecular flexibility index (Phi) is 2.87. The van der Waals surface area contributed by atoms with Gasteiger partial charge in [-0.2, -0.15) is 0 Å². The van der Waals surface area contributed by atoms with Crippen molar-refractivity contribution in [1.29, 1.82) is 0 Å². The van der Waals surface area contributed by atoms with Crippen LogP contribution in [0, 0.1) is 13.8 Å². The number of fused-ring (bicyclic) bond motifs is 4. The van der Waals surface area contributed by atoms with Crippen LogP contribution < -0.4 is 0 Å². The molecule has 0 spiro atoms. The third-order valence-electron chi connectivity index (χ3n) is 4.29. The quantitative estimate of drug-likeness (QED) is 0.616. The minimum atomic E-state index is 0.0837. The Morgan fingerprint density at radius 3 is 2.41 bits per heavy atom. The van der Waals surface area contributed by atoms with Crippen LogP contribution in [0.5, 0.6) is 0 Å². The number of rotatable bonds is 2. The zero-order valence-electron chi connectivity index (χ0n) is 12.7. The zero-order valence-corrected chi connectivity index (χ0v) is 12.7. The maximum atomic E-state index is 9.38. The number of benzene rings is 2. The molecule has 22 heavy (non-hydrogen) atoms. The highest BCUT2D eigenvalue weighted by molar-refractivity contribution is 6.06. The molecule has 0 amide bonds. The Bertz CT molecular complexity index is 1020. The highest BCUT2D eigenvalue weighted by Gasteiger charge is 2.14. The van der Waals surface area contributed by atoms with E-state index in [1.54, 1.807) is 0 Å². The maximum Gasteiger partial charge on any atom is 0.160 e. The fourth-order valence-electron chi connectivity index (χ4n) is 3.02. The summed E-state index contributed by atoms with van der Waals surface area (Å²) in [6.45, 7) is 4.79. The van der Waals surface area contributed by atoms with Gasteiger partial charge in [-0.25, -0.2) is 9.97 Å². The molecule has 0 aliphatic carbocycles. The molecule has 4 heteroatoms. The lowest BCUT2D eigenvalue weighted by molar-refractivity contribution is 0.279. The van der Waals surface area contributed by atoms with Crippen LogP contribution in [0.1, 0.15) is 11.1 Å². The van der Waals surface area contributed by atoms with E-state index in [1.807, 2.05) is 16.7 Å². The van der Waals surface area contributed by atoms with Crippen LogP contribution in [0.3, 0.4) is 0 Å². The first-order valence-electron chi connectivity index (χ1n) is 7.46. The molecule has 4 nitrogen and oxygen atoms in total. The Hall–Kier alpha value is -2.46. The molecule has 0 unspecified atom stereocenters. The fourth-order valence-corrected chi connectivity index (χ4v) is 3.02. The highest BCUT2D eigenvalue weighted by Crippen LogP contribution is 2.28. The molecule has 4 rings (SSSR count). The topological polar surface area (TPSA) is 50.9 Å². The lowest BCUT2D eigenvalue weighted by atomic mass is 10.1. The summed E-state index contributed by atoms with van der Waals surface area (Å²) in [5.74, 6) is 0. The number of para-hydroxylation sites is 1. The number of aromatic nitrogens is 3. The summed E-state index contributed by atoms with van der Waals surface area (Å²) in [6.07, 6.45) is 0. The third-order valence-corrected chi connectivity index (χ3v) is 4.29. The predicted molar refractivity (Wildman–Crippen MR) is 89.1 cm³/mol. The van der Waals surface area contributed by atoms with Gasteiger partial charge in [-0.05, 0) is 43.2 Å². The second kappa shape index (κ2) is 4.78. The van der Waals surface area contributed by atoms with E-state index in [9.17, 15) is 5.11 Å². The van der Waals surface area contributed by atoms with E-state index >= 15 is 0 Å². The van der Waals surface area contributed by atoms with E-state index in [2.05, 4.69) is 38.1 Å². The Labute approximate surface area is 128 Å². The Morgan fingerprint density at radius 2 is 1.68 bits per heavy atom. The van der Waals surface area contributed by atoms with Crippen LogP contribution >= 0.6 is 0 Å². The van der Waals surface area contributed by atoms with Crippen LogP contribution in [0.2, 0.25) is 0 Å². The van der Waals surface area contributed by atoms with Crippen molar-refractivity contribution < 1.29 is 5.11 Å². The van der Waals surface area contributed by atoms with E-state index in [4.69, 9.17) is 9.97 Å². The summed E-state index contributed by atoms with van der Waals surface area (Å²) >= 11 is 0. The van der Waals surface area contributed by atoms with Crippen LogP contribution in [0.25, 0.3) is 33.1 Å². The lowest BCUT2D eigenvalue weighted by Gasteiger charge is -2.06. The van der Waals surface area contributed by atoms with Crippen molar-refractivity contribution in [3.05, 3.63) is 47.5 Å². The molecule has 0 fully saturated rings. The molecule has 0 saturated carbocycles. The van der Waals surface area contributed by atoms with Crippen molar-refractivity contribution in [3.8, 4) is 0 Å². The van der Waals surface area contributed by atoms with Gasteiger partial charge in [0.05, 0.1) is 23.2 Å². The number of nitrogens with zero attached hydrogens (tertiary/aromatic N) is 3. The van der Waals surface area contributed by atoms with Crippen LogP contribution in [-0.4, -0.2) is 26.2 Å². The summed E-state index contributed by atoms with van der Waals surface area (Å²) in [5.41, 5.74) is 7.06. The Morgan fingerprint density at radius 1 is 1.00 bits per heavy atom. The normalized spacial score (nSPS) is 11.8.